The summed E-state index contributed by atoms with van der Waals surface area (Å²) in [6, 6.07) is 10.7. The molecule has 7 nitrogen and oxygen atoms in total. The number of amides is 1. The number of aliphatic hydroxyl groups is 1. The number of pyridine rings is 1. The highest BCUT2D eigenvalue weighted by molar-refractivity contribution is 6.00. The van der Waals surface area contributed by atoms with E-state index < -0.39 is 6.10 Å². The molecule has 2 aromatic heterocycles. The first-order valence-electron chi connectivity index (χ1n) is 8.09. The molecule has 3 aromatic rings. The Labute approximate surface area is 150 Å². The fourth-order valence-electron chi connectivity index (χ4n) is 2.52. The van der Waals surface area contributed by atoms with Gasteiger partial charge >= 0.3 is 0 Å². The number of ether oxygens (including phenoxy) is 1. The van der Waals surface area contributed by atoms with Crippen LogP contribution in [0.15, 0.2) is 53.3 Å². The maximum Gasteiger partial charge on any atom is 0.257 e. The minimum absolute atomic E-state index is 0.128. The number of hydrogen-bond acceptors (Lipinski definition) is 6. The van der Waals surface area contributed by atoms with E-state index in [2.05, 4.69) is 15.5 Å². The molecule has 0 aliphatic heterocycles. The molecule has 1 amide bonds. The van der Waals surface area contributed by atoms with E-state index in [1.54, 1.807) is 43.8 Å². The molecule has 0 bridgehead atoms. The van der Waals surface area contributed by atoms with Crippen LogP contribution in [0.3, 0.4) is 0 Å². The maximum absolute atomic E-state index is 12.8. The summed E-state index contributed by atoms with van der Waals surface area (Å²) in [6.07, 6.45) is 2.35. The Morgan fingerprint density at radius 2 is 1.92 bits per heavy atom. The van der Waals surface area contributed by atoms with Crippen LogP contribution in [0.5, 0.6) is 5.75 Å². The second-order valence-corrected chi connectivity index (χ2v) is 5.71. The lowest BCUT2D eigenvalue weighted by Gasteiger charge is -2.08. The Morgan fingerprint density at radius 3 is 2.54 bits per heavy atom. The number of nitrogens with zero attached hydrogens (tertiary/aromatic N) is 2. The number of aliphatic hydroxyl groups excluding tert-OH is 1. The Hall–Kier alpha value is -3.19. The smallest absolute Gasteiger partial charge is 0.257 e. The number of nitrogens with one attached hydrogen (secondary N) is 1. The number of rotatable bonds is 6. The van der Waals surface area contributed by atoms with E-state index in [1.807, 2.05) is 12.1 Å². The Morgan fingerprint density at radius 1 is 1.23 bits per heavy atom. The average molecular weight is 353 g/mol. The van der Waals surface area contributed by atoms with Crippen LogP contribution in [0.25, 0.3) is 11.3 Å². The number of carbonyl (C=O) groups is 1. The highest BCUT2D eigenvalue weighted by Gasteiger charge is 2.26. The van der Waals surface area contributed by atoms with Gasteiger partial charge in [-0.15, -0.1) is 0 Å². The molecule has 0 aliphatic rings. The first kappa shape index (κ1) is 17.6. The highest BCUT2D eigenvalue weighted by Crippen LogP contribution is 2.30. The molecule has 2 heterocycles. The van der Waals surface area contributed by atoms with Crippen LogP contribution in [0.1, 0.15) is 34.7 Å². The molecule has 0 radical (unpaired) electrons. The number of carbonyl (C=O) groups excluding carboxylic acids is 1. The molecule has 0 fully saturated rings. The average Bonchev–Trinajstić information content (AvgIpc) is 3.12. The van der Waals surface area contributed by atoms with Crippen molar-refractivity contribution in [1.82, 2.24) is 15.5 Å². The summed E-state index contributed by atoms with van der Waals surface area (Å²) in [6.45, 7) is 1.85. The number of methoxy groups -OCH3 is 1. The lowest BCUT2D eigenvalue weighted by atomic mass is 10.0. The van der Waals surface area contributed by atoms with E-state index in [9.17, 15) is 9.90 Å². The van der Waals surface area contributed by atoms with Gasteiger partial charge in [0.25, 0.3) is 5.91 Å². The zero-order valence-corrected chi connectivity index (χ0v) is 14.5. The van der Waals surface area contributed by atoms with Crippen molar-refractivity contribution in [2.75, 3.05) is 7.11 Å². The van der Waals surface area contributed by atoms with Crippen LogP contribution in [-0.2, 0) is 6.54 Å². The molecule has 0 saturated heterocycles. The predicted molar refractivity (Wildman–Crippen MR) is 94.5 cm³/mol. The van der Waals surface area contributed by atoms with E-state index in [4.69, 9.17) is 9.26 Å². The third kappa shape index (κ3) is 3.73. The van der Waals surface area contributed by atoms with Gasteiger partial charge in [-0.25, -0.2) is 0 Å². The molecule has 3 rings (SSSR count). The van der Waals surface area contributed by atoms with Gasteiger partial charge in [0.05, 0.1) is 7.11 Å². The van der Waals surface area contributed by atoms with Crippen LogP contribution in [-0.4, -0.2) is 28.3 Å². The van der Waals surface area contributed by atoms with Gasteiger partial charge in [-0.1, -0.05) is 5.16 Å². The van der Waals surface area contributed by atoms with E-state index in [-0.39, 0.29) is 17.2 Å². The topological polar surface area (TPSA) is 97.5 Å². The zero-order valence-electron chi connectivity index (χ0n) is 14.5. The van der Waals surface area contributed by atoms with Gasteiger partial charge in [0.15, 0.2) is 5.76 Å². The van der Waals surface area contributed by atoms with Gasteiger partial charge in [-0.2, -0.15) is 0 Å². The Bertz CT molecular complexity index is 874. The standard InChI is InChI=1S/C19H19N3O4/c1-12(23)18-16(19(24)21-11-13-7-9-20-10-8-13)17(22-26-18)14-3-5-15(25-2)6-4-14/h3-10,12,23H,11H2,1-2H3,(H,21,24). The summed E-state index contributed by atoms with van der Waals surface area (Å²) in [5.74, 6) is 0.449. The van der Waals surface area contributed by atoms with Gasteiger partial charge in [-0.3, -0.25) is 9.78 Å². The van der Waals surface area contributed by atoms with E-state index in [0.717, 1.165) is 5.56 Å². The summed E-state index contributed by atoms with van der Waals surface area (Å²) in [5, 5.41) is 16.8. The van der Waals surface area contributed by atoms with E-state index >= 15 is 0 Å². The molecule has 26 heavy (non-hydrogen) atoms. The van der Waals surface area contributed by atoms with Gasteiger partial charge in [0.1, 0.15) is 23.1 Å². The van der Waals surface area contributed by atoms with Crippen LogP contribution in [0, 0.1) is 0 Å². The minimum atomic E-state index is -0.962. The summed E-state index contributed by atoms with van der Waals surface area (Å²) in [5.41, 5.74) is 2.19. The van der Waals surface area contributed by atoms with Gasteiger partial charge in [0, 0.05) is 24.5 Å². The lowest BCUT2D eigenvalue weighted by molar-refractivity contribution is 0.0938. The van der Waals surface area contributed by atoms with Gasteiger partial charge < -0.3 is 19.7 Å². The Balaban J connectivity index is 1.90. The molecule has 134 valence electrons. The van der Waals surface area contributed by atoms with E-state index in [1.165, 1.54) is 6.92 Å². The van der Waals surface area contributed by atoms with Crippen LogP contribution in [0.2, 0.25) is 0 Å². The molecule has 0 saturated carbocycles. The van der Waals surface area contributed by atoms with Crippen molar-refractivity contribution in [2.24, 2.45) is 0 Å². The summed E-state index contributed by atoms with van der Waals surface area (Å²) in [4.78, 5) is 16.7. The summed E-state index contributed by atoms with van der Waals surface area (Å²) in [7, 11) is 1.58. The predicted octanol–water partition coefficient (Wildman–Crippen LogP) is 2.73. The normalized spacial score (nSPS) is 11.8. The largest absolute Gasteiger partial charge is 0.497 e. The molecule has 7 heteroatoms. The third-order valence-electron chi connectivity index (χ3n) is 3.89. The number of benzene rings is 1. The fourth-order valence-corrected chi connectivity index (χ4v) is 2.52. The van der Waals surface area contributed by atoms with Crippen molar-refractivity contribution in [2.45, 2.75) is 19.6 Å². The number of aromatic nitrogens is 2. The molecular weight excluding hydrogens is 334 g/mol. The minimum Gasteiger partial charge on any atom is -0.497 e. The van der Waals surface area contributed by atoms with Crippen LogP contribution in [0.4, 0.5) is 0 Å². The van der Waals surface area contributed by atoms with Gasteiger partial charge in [-0.05, 0) is 48.9 Å². The molecule has 1 aromatic carbocycles. The molecule has 0 spiro atoms. The SMILES string of the molecule is COc1ccc(-c2noc(C(C)O)c2C(=O)NCc2ccncc2)cc1. The van der Waals surface area contributed by atoms with Crippen molar-refractivity contribution >= 4 is 5.91 Å². The molecular formula is C19H19N3O4. The maximum atomic E-state index is 12.8. The second kappa shape index (κ2) is 7.79. The molecule has 2 N–H and O–H groups in total. The highest BCUT2D eigenvalue weighted by atomic mass is 16.5. The van der Waals surface area contributed by atoms with Crippen LogP contribution >= 0.6 is 0 Å². The lowest BCUT2D eigenvalue weighted by Crippen LogP contribution is -2.24. The summed E-state index contributed by atoms with van der Waals surface area (Å²) < 4.78 is 10.4. The Kier molecular flexibility index (Phi) is 5.28. The van der Waals surface area contributed by atoms with Crippen molar-refractivity contribution in [3.05, 3.63) is 65.7 Å². The quantitative estimate of drug-likeness (QED) is 0.707. The van der Waals surface area contributed by atoms with Crippen molar-refractivity contribution in [3.8, 4) is 17.0 Å². The third-order valence-corrected chi connectivity index (χ3v) is 3.89. The summed E-state index contributed by atoms with van der Waals surface area (Å²) >= 11 is 0. The zero-order chi connectivity index (χ0) is 18.5. The van der Waals surface area contributed by atoms with Crippen LogP contribution < -0.4 is 10.1 Å². The molecule has 1 unspecified atom stereocenters. The first-order valence-corrected chi connectivity index (χ1v) is 8.09. The first-order chi connectivity index (χ1) is 12.6. The molecule has 0 aliphatic carbocycles. The van der Waals surface area contributed by atoms with Crippen molar-refractivity contribution < 1.29 is 19.2 Å². The van der Waals surface area contributed by atoms with E-state index in [0.29, 0.717) is 23.6 Å². The number of hydrogen-bond donors (Lipinski definition) is 2. The molecule has 1 atom stereocenters. The van der Waals surface area contributed by atoms with Crippen molar-refractivity contribution in [1.29, 1.82) is 0 Å². The van der Waals surface area contributed by atoms with Crippen molar-refractivity contribution in [3.63, 3.8) is 0 Å². The van der Waals surface area contributed by atoms with Gasteiger partial charge in [0.2, 0.25) is 0 Å². The second-order valence-electron chi connectivity index (χ2n) is 5.71. The monoisotopic (exact) mass is 353 g/mol. The fraction of sp³-hybridized carbons (Fsp3) is 0.211.